The molecular formula is C24H25N5O4. The van der Waals surface area contributed by atoms with Crippen LogP contribution in [0.25, 0.3) is 5.69 Å². The van der Waals surface area contributed by atoms with Gasteiger partial charge in [0, 0.05) is 30.5 Å². The molecule has 2 heterocycles. The van der Waals surface area contributed by atoms with Crippen LogP contribution in [0, 0.1) is 0 Å². The summed E-state index contributed by atoms with van der Waals surface area (Å²) >= 11 is 0. The van der Waals surface area contributed by atoms with Crippen LogP contribution in [-0.2, 0) is 4.74 Å². The lowest BCUT2D eigenvalue weighted by molar-refractivity contribution is 0.0600. The van der Waals surface area contributed by atoms with E-state index in [0.717, 1.165) is 18.8 Å². The van der Waals surface area contributed by atoms with Crippen molar-refractivity contribution in [1.29, 1.82) is 0 Å². The molecule has 1 saturated heterocycles. The number of anilines is 1. The number of nitrogens with zero attached hydrogens (tertiary/aromatic N) is 3. The van der Waals surface area contributed by atoms with E-state index in [2.05, 4.69) is 37.7 Å². The summed E-state index contributed by atoms with van der Waals surface area (Å²) in [5, 5.41) is 4.25. The Bertz CT molecular complexity index is 1130. The molecule has 170 valence electrons. The number of benzene rings is 2. The van der Waals surface area contributed by atoms with Crippen molar-refractivity contribution >= 4 is 23.5 Å². The third kappa shape index (κ3) is 5.20. The molecule has 4 rings (SSSR count). The number of carbonyl (C=O) groups excluding carboxylic acids is 3. The maximum Gasteiger partial charge on any atom is 0.337 e. The highest BCUT2D eigenvalue weighted by molar-refractivity contribution is 5.99. The van der Waals surface area contributed by atoms with Crippen LogP contribution in [0.15, 0.2) is 60.9 Å². The second-order valence-corrected chi connectivity index (χ2v) is 7.71. The zero-order valence-corrected chi connectivity index (χ0v) is 18.3. The summed E-state index contributed by atoms with van der Waals surface area (Å²) in [6.45, 7) is 2.15. The number of hydrogen-bond donors (Lipinski definition) is 2. The van der Waals surface area contributed by atoms with E-state index in [1.165, 1.54) is 62.5 Å². The molecular weight excluding hydrogens is 422 g/mol. The molecule has 1 aliphatic heterocycles. The van der Waals surface area contributed by atoms with Gasteiger partial charge in [-0.05, 0) is 67.8 Å². The first-order chi connectivity index (χ1) is 16.0. The summed E-state index contributed by atoms with van der Waals surface area (Å²) in [6, 6.07) is 14.0. The summed E-state index contributed by atoms with van der Waals surface area (Å²) in [6.07, 6.45) is 6.76. The van der Waals surface area contributed by atoms with Crippen LogP contribution in [0.3, 0.4) is 0 Å². The zero-order chi connectivity index (χ0) is 23.2. The quantitative estimate of drug-likeness (QED) is 0.460. The Balaban J connectivity index is 1.34. The summed E-state index contributed by atoms with van der Waals surface area (Å²) in [7, 11) is 1.28. The van der Waals surface area contributed by atoms with Crippen LogP contribution in [0.1, 0.15) is 50.3 Å². The van der Waals surface area contributed by atoms with Gasteiger partial charge in [-0.1, -0.05) is 0 Å². The Kier molecular flexibility index (Phi) is 6.68. The standard InChI is InChI=1S/C24H25N5O4/c1-33-24(32)18-7-5-17(6-8-18)22(30)26-27-23(31)19-15-25-29(16-19)21-11-9-20(10-12-21)28-13-3-2-4-14-28/h5-12,15-16H,2-4,13-14H2,1H3,(H,26,30)(H,27,31). The Morgan fingerprint density at radius 3 is 2.00 bits per heavy atom. The number of aromatic nitrogens is 2. The number of nitrogens with one attached hydrogen (secondary N) is 2. The van der Waals surface area contributed by atoms with Crippen molar-refractivity contribution in [2.75, 3.05) is 25.1 Å². The topological polar surface area (TPSA) is 106 Å². The van der Waals surface area contributed by atoms with Gasteiger partial charge in [0.25, 0.3) is 11.8 Å². The molecule has 2 amide bonds. The molecule has 1 fully saturated rings. The minimum Gasteiger partial charge on any atom is -0.465 e. The fourth-order valence-electron chi connectivity index (χ4n) is 3.68. The molecule has 0 spiro atoms. The molecule has 2 aromatic carbocycles. The first kappa shape index (κ1) is 22.1. The molecule has 2 N–H and O–H groups in total. The van der Waals surface area contributed by atoms with Gasteiger partial charge in [0.2, 0.25) is 0 Å². The average molecular weight is 447 g/mol. The fraction of sp³-hybridized carbons (Fsp3) is 0.250. The number of ether oxygens (including phenoxy) is 1. The van der Waals surface area contributed by atoms with Gasteiger partial charge in [0.15, 0.2) is 0 Å². The van der Waals surface area contributed by atoms with Crippen molar-refractivity contribution in [3.8, 4) is 5.69 Å². The number of methoxy groups -OCH3 is 1. The van der Waals surface area contributed by atoms with E-state index in [4.69, 9.17) is 0 Å². The van der Waals surface area contributed by atoms with Crippen molar-refractivity contribution in [2.24, 2.45) is 0 Å². The number of amides is 2. The van der Waals surface area contributed by atoms with Crippen molar-refractivity contribution in [3.05, 3.63) is 77.6 Å². The van der Waals surface area contributed by atoms with E-state index in [0.29, 0.717) is 11.1 Å². The van der Waals surface area contributed by atoms with E-state index in [1.54, 1.807) is 10.9 Å². The monoisotopic (exact) mass is 447 g/mol. The molecule has 9 nitrogen and oxygen atoms in total. The highest BCUT2D eigenvalue weighted by atomic mass is 16.5. The highest BCUT2D eigenvalue weighted by Crippen LogP contribution is 2.21. The van der Waals surface area contributed by atoms with Crippen LogP contribution in [0.2, 0.25) is 0 Å². The largest absolute Gasteiger partial charge is 0.465 e. The van der Waals surface area contributed by atoms with E-state index in [9.17, 15) is 14.4 Å². The SMILES string of the molecule is COC(=O)c1ccc(C(=O)NNC(=O)c2cnn(-c3ccc(N4CCCCC4)cc3)c2)cc1. The Hall–Kier alpha value is -4.14. The van der Waals surface area contributed by atoms with E-state index in [-0.39, 0.29) is 5.56 Å². The Morgan fingerprint density at radius 2 is 1.36 bits per heavy atom. The van der Waals surface area contributed by atoms with Crippen LogP contribution in [0.5, 0.6) is 0 Å². The number of piperidine rings is 1. The predicted octanol–water partition coefficient (Wildman–Crippen LogP) is 2.72. The van der Waals surface area contributed by atoms with Gasteiger partial charge in [0.1, 0.15) is 0 Å². The van der Waals surface area contributed by atoms with Gasteiger partial charge in [-0.2, -0.15) is 5.10 Å². The smallest absolute Gasteiger partial charge is 0.337 e. The number of hydrazine groups is 1. The Morgan fingerprint density at radius 1 is 0.788 bits per heavy atom. The molecule has 3 aromatic rings. The third-order valence-corrected chi connectivity index (χ3v) is 5.54. The summed E-state index contributed by atoms with van der Waals surface area (Å²) < 4.78 is 6.24. The van der Waals surface area contributed by atoms with Crippen LogP contribution >= 0.6 is 0 Å². The predicted molar refractivity (Wildman–Crippen MR) is 122 cm³/mol. The molecule has 0 unspecified atom stereocenters. The van der Waals surface area contributed by atoms with Gasteiger partial charge in [-0.3, -0.25) is 20.4 Å². The molecule has 9 heteroatoms. The average Bonchev–Trinajstić information content (AvgIpc) is 3.38. The van der Waals surface area contributed by atoms with Crippen molar-refractivity contribution in [1.82, 2.24) is 20.6 Å². The van der Waals surface area contributed by atoms with Gasteiger partial charge in [-0.15, -0.1) is 0 Å². The Labute approximate surface area is 191 Å². The van der Waals surface area contributed by atoms with Gasteiger partial charge in [0.05, 0.1) is 30.1 Å². The van der Waals surface area contributed by atoms with Gasteiger partial charge >= 0.3 is 5.97 Å². The van der Waals surface area contributed by atoms with Crippen LogP contribution in [-0.4, -0.2) is 47.8 Å². The molecule has 0 aliphatic carbocycles. The lowest BCUT2D eigenvalue weighted by Gasteiger charge is -2.28. The normalized spacial score (nSPS) is 13.3. The van der Waals surface area contributed by atoms with E-state index in [1.807, 2.05) is 12.1 Å². The number of hydrogen-bond acceptors (Lipinski definition) is 6. The zero-order valence-electron chi connectivity index (χ0n) is 18.3. The van der Waals surface area contributed by atoms with Crippen LogP contribution < -0.4 is 15.8 Å². The summed E-state index contributed by atoms with van der Waals surface area (Å²) in [4.78, 5) is 38.5. The third-order valence-electron chi connectivity index (χ3n) is 5.54. The minimum atomic E-state index is -0.513. The molecule has 0 atom stereocenters. The lowest BCUT2D eigenvalue weighted by atomic mass is 10.1. The fourth-order valence-corrected chi connectivity index (χ4v) is 3.68. The van der Waals surface area contributed by atoms with Gasteiger partial charge in [-0.25, -0.2) is 9.48 Å². The summed E-state index contributed by atoms with van der Waals surface area (Å²) in [5.41, 5.74) is 7.67. The minimum absolute atomic E-state index is 0.285. The number of carbonyl (C=O) groups is 3. The molecule has 33 heavy (non-hydrogen) atoms. The lowest BCUT2D eigenvalue weighted by Crippen LogP contribution is -2.41. The molecule has 1 aromatic heterocycles. The number of esters is 1. The van der Waals surface area contributed by atoms with Gasteiger partial charge < -0.3 is 9.64 Å². The van der Waals surface area contributed by atoms with Crippen molar-refractivity contribution in [3.63, 3.8) is 0 Å². The van der Waals surface area contributed by atoms with Crippen molar-refractivity contribution < 1.29 is 19.1 Å². The van der Waals surface area contributed by atoms with E-state index >= 15 is 0 Å². The second-order valence-electron chi connectivity index (χ2n) is 7.71. The highest BCUT2D eigenvalue weighted by Gasteiger charge is 2.14. The molecule has 0 radical (unpaired) electrons. The van der Waals surface area contributed by atoms with Crippen LogP contribution in [0.4, 0.5) is 5.69 Å². The van der Waals surface area contributed by atoms with Crippen molar-refractivity contribution in [2.45, 2.75) is 19.3 Å². The maximum atomic E-state index is 12.4. The second kappa shape index (κ2) is 9.99. The number of rotatable bonds is 5. The maximum absolute atomic E-state index is 12.4. The first-order valence-corrected chi connectivity index (χ1v) is 10.7. The molecule has 0 bridgehead atoms. The molecule has 0 saturated carbocycles. The summed E-state index contributed by atoms with van der Waals surface area (Å²) in [5.74, 6) is -1.50. The molecule has 1 aliphatic rings. The van der Waals surface area contributed by atoms with E-state index < -0.39 is 17.8 Å². The first-order valence-electron chi connectivity index (χ1n) is 10.7.